The van der Waals surface area contributed by atoms with Crippen molar-refractivity contribution in [1.29, 1.82) is 10.5 Å². The summed E-state index contributed by atoms with van der Waals surface area (Å²) >= 11 is 0. The highest BCUT2D eigenvalue weighted by molar-refractivity contribution is 6.11. The van der Waals surface area contributed by atoms with Crippen LogP contribution in [-0.4, -0.2) is 9.13 Å². The lowest BCUT2D eigenvalue weighted by Gasteiger charge is -2.18. The smallest absolute Gasteiger partial charge is 0.0992 e. The topological polar surface area (TPSA) is 57.4 Å². The van der Waals surface area contributed by atoms with Crippen LogP contribution >= 0.6 is 0 Å². The molecular formula is C44H26N4. The van der Waals surface area contributed by atoms with E-state index in [9.17, 15) is 10.5 Å². The van der Waals surface area contributed by atoms with Crippen molar-refractivity contribution in [3.05, 3.63) is 169 Å². The molecule has 0 spiro atoms. The molecule has 0 saturated carbocycles. The van der Waals surface area contributed by atoms with Crippen molar-refractivity contribution < 1.29 is 0 Å². The van der Waals surface area contributed by atoms with Crippen LogP contribution in [0.3, 0.4) is 0 Å². The average molecular weight is 611 g/mol. The highest BCUT2D eigenvalue weighted by Gasteiger charge is 2.19. The fraction of sp³-hybridized carbons (Fsp3) is 0. The average Bonchev–Trinajstić information content (AvgIpc) is 3.67. The molecule has 9 aromatic rings. The Morgan fingerprint density at radius 1 is 0.375 bits per heavy atom. The minimum Gasteiger partial charge on any atom is -0.309 e. The van der Waals surface area contributed by atoms with Gasteiger partial charge in [0.2, 0.25) is 0 Å². The van der Waals surface area contributed by atoms with E-state index < -0.39 is 0 Å². The maximum atomic E-state index is 10.0. The Kier molecular flexibility index (Phi) is 6.22. The number of nitriles is 2. The normalized spacial score (nSPS) is 11.3. The number of nitrogens with zero attached hydrogens (tertiary/aromatic N) is 4. The summed E-state index contributed by atoms with van der Waals surface area (Å²) in [5.41, 5.74) is 11.7. The highest BCUT2D eigenvalue weighted by atomic mass is 15.0. The van der Waals surface area contributed by atoms with Crippen LogP contribution in [-0.2, 0) is 0 Å². The third-order valence-corrected chi connectivity index (χ3v) is 9.38. The second kappa shape index (κ2) is 10.9. The monoisotopic (exact) mass is 610 g/mol. The molecule has 0 atom stereocenters. The quantitative estimate of drug-likeness (QED) is 0.199. The first kappa shape index (κ1) is 27.4. The van der Waals surface area contributed by atoms with Crippen molar-refractivity contribution in [2.24, 2.45) is 0 Å². The summed E-state index contributed by atoms with van der Waals surface area (Å²) < 4.78 is 4.58. The zero-order chi connectivity index (χ0) is 32.2. The summed E-state index contributed by atoms with van der Waals surface area (Å²) in [4.78, 5) is 0. The van der Waals surface area contributed by atoms with E-state index in [1.165, 1.54) is 10.8 Å². The molecular weight excluding hydrogens is 585 g/mol. The first-order chi connectivity index (χ1) is 23.7. The number of benzene rings is 7. The van der Waals surface area contributed by atoms with E-state index in [0.29, 0.717) is 11.1 Å². The molecule has 2 aromatic heterocycles. The third kappa shape index (κ3) is 4.14. The molecule has 0 aliphatic heterocycles. The fourth-order valence-corrected chi connectivity index (χ4v) is 7.30. The van der Waals surface area contributed by atoms with E-state index in [4.69, 9.17) is 0 Å². The Morgan fingerprint density at radius 3 is 1.62 bits per heavy atom. The summed E-state index contributed by atoms with van der Waals surface area (Å²) in [7, 11) is 0. The molecule has 0 bridgehead atoms. The van der Waals surface area contributed by atoms with Crippen molar-refractivity contribution in [2.45, 2.75) is 0 Å². The van der Waals surface area contributed by atoms with Crippen LogP contribution in [0.4, 0.5) is 0 Å². The van der Waals surface area contributed by atoms with E-state index in [-0.39, 0.29) is 0 Å². The van der Waals surface area contributed by atoms with Gasteiger partial charge in [-0.15, -0.1) is 0 Å². The fourth-order valence-electron chi connectivity index (χ4n) is 7.30. The van der Waals surface area contributed by atoms with Crippen LogP contribution < -0.4 is 0 Å². The molecule has 4 heteroatoms. The minimum atomic E-state index is 0.601. The molecule has 222 valence electrons. The molecule has 0 unspecified atom stereocenters. The maximum Gasteiger partial charge on any atom is 0.0992 e. The van der Waals surface area contributed by atoms with Crippen molar-refractivity contribution in [3.63, 3.8) is 0 Å². The van der Waals surface area contributed by atoms with Gasteiger partial charge in [-0.25, -0.2) is 0 Å². The maximum absolute atomic E-state index is 10.0. The predicted octanol–water partition coefficient (Wildman–Crippen LogP) is 11.0. The molecule has 4 nitrogen and oxygen atoms in total. The van der Waals surface area contributed by atoms with Gasteiger partial charge in [-0.05, 0) is 77.4 Å². The molecule has 9 rings (SSSR count). The van der Waals surface area contributed by atoms with Gasteiger partial charge in [0.1, 0.15) is 0 Å². The Bertz CT molecular complexity index is 2760. The highest BCUT2D eigenvalue weighted by Crippen LogP contribution is 2.41. The molecule has 7 aromatic carbocycles. The Hall–Kier alpha value is -6.88. The zero-order valence-corrected chi connectivity index (χ0v) is 25.8. The molecule has 0 amide bonds. The second-order valence-electron chi connectivity index (χ2n) is 12.0. The van der Waals surface area contributed by atoms with E-state index in [1.54, 1.807) is 0 Å². The van der Waals surface area contributed by atoms with Gasteiger partial charge in [-0.1, -0.05) is 97.1 Å². The molecule has 0 aliphatic rings. The number of aromatic nitrogens is 2. The van der Waals surface area contributed by atoms with Gasteiger partial charge in [0.05, 0.1) is 51.0 Å². The van der Waals surface area contributed by atoms with Crippen molar-refractivity contribution >= 4 is 43.6 Å². The van der Waals surface area contributed by atoms with Crippen molar-refractivity contribution in [3.8, 4) is 45.8 Å². The summed E-state index contributed by atoms with van der Waals surface area (Å²) in [5, 5.41) is 24.4. The van der Waals surface area contributed by atoms with Gasteiger partial charge in [-0.2, -0.15) is 10.5 Å². The van der Waals surface area contributed by atoms with Gasteiger partial charge in [-0.3, -0.25) is 0 Å². The number of fused-ring (bicyclic) bond motifs is 6. The summed E-state index contributed by atoms with van der Waals surface area (Å²) in [6.45, 7) is 0. The summed E-state index contributed by atoms with van der Waals surface area (Å²) in [6, 6.07) is 59.0. The van der Waals surface area contributed by atoms with Crippen LogP contribution in [0.1, 0.15) is 11.1 Å². The zero-order valence-electron chi connectivity index (χ0n) is 25.8. The Labute approximate surface area is 277 Å². The summed E-state index contributed by atoms with van der Waals surface area (Å²) in [5.74, 6) is 0. The lowest BCUT2D eigenvalue weighted by Crippen LogP contribution is -1.99. The van der Waals surface area contributed by atoms with E-state index >= 15 is 0 Å². The molecule has 0 fully saturated rings. The minimum absolute atomic E-state index is 0.601. The molecule has 0 N–H and O–H groups in total. The standard InChI is InChI=1S/C44H26N4/c45-27-29-20-22-33(34-12-1-6-17-41(34)48-42-18-7-3-13-35(42)36-14-4-8-19-43(36)48)39(24-29)31-10-9-11-32(26-31)47-40-16-5-2-15-37(40)38-23-21-30(28-46)25-44(38)47/h1-26H. The molecule has 2 heterocycles. The van der Waals surface area contributed by atoms with Crippen LogP contribution in [0.5, 0.6) is 0 Å². The van der Waals surface area contributed by atoms with Gasteiger partial charge >= 0.3 is 0 Å². The lowest BCUT2D eigenvalue weighted by atomic mass is 9.91. The third-order valence-electron chi connectivity index (χ3n) is 9.38. The first-order valence-corrected chi connectivity index (χ1v) is 15.9. The Morgan fingerprint density at radius 2 is 0.938 bits per heavy atom. The second-order valence-corrected chi connectivity index (χ2v) is 12.0. The van der Waals surface area contributed by atoms with Gasteiger partial charge < -0.3 is 9.13 Å². The van der Waals surface area contributed by atoms with Gasteiger partial charge in [0.25, 0.3) is 0 Å². The van der Waals surface area contributed by atoms with E-state index in [1.807, 2.05) is 36.4 Å². The van der Waals surface area contributed by atoms with E-state index in [0.717, 1.165) is 66.5 Å². The van der Waals surface area contributed by atoms with Gasteiger partial charge in [0.15, 0.2) is 0 Å². The van der Waals surface area contributed by atoms with Gasteiger partial charge in [0, 0.05) is 32.8 Å². The van der Waals surface area contributed by atoms with Crippen LogP contribution in [0.2, 0.25) is 0 Å². The molecule has 0 radical (unpaired) electrons. The number of hydrogen-bond acceptors (Lipinski definition) is 2. The Balaban J connectivity index is 1.29. The lowest BCUT2D eigenvalue weighted by molar-refractivity contribution is 1.18. The van der Waals surface area contributed by atoms with Crippen molar-refractivity contribution in [2.75, 3.05) is 0 Å². The van der Waals surface area contributed by atoms with Crippen LogP contribution in [0.25, 0.3) is 77.2 Å². The molecule has 0 aliphatic carbocycles. The number of rotatable bonds is 4. The van der Waals surface area contributed by atoms with E-state index in [2.05, 4.69) is 143 Å². The largest absolute Gasteiger partial charge is 0.309 e. The summed E-state index contributed by atoms with van der Waals surface area (Å²) in [6.07, 6.45) is 0. The van der Waals surface area contributed by atoms with Crippen molar-refractivity contribution in [1.82, 2.24) is 9.13 Å². The SMILES string of the molecule is N#Cc1ccc(-c2ccccc2-n2c3ccccc3c3ccccc32)c(-c2cccc(-n3c4ccccc4c4ccc(C#N)cc43)c2)c1. The predicted molar refractivity (Wildman–Crippen MR) is 195 cm³/mol. The van der Waals surface area contributed by atoms with Crippen LogP contribution in [0.15, 0.2) is 158 Å². The first-order valence-electron chi connectivity index (χ1n) is 15.9. The number of para-hydroxylation sites is 4. The molecule has 0 saturated heterocycles. The number of hydrogen-bond donors (Lipinski definition) is 0. The molecule has 48 heavy (non-hydrogen) atoms. The van der Waals surface area contributed by atoms with Crippen LogP contribution in [0, 0.1) is 22.7 Å².